The largest absolute Gasteiger partial charge is 0.508 e. The molecule has 3 aromatic carbocycles. The Labute approximate surface area is 186 Å². The molecule has 5 nitrogen and oxygen atoms in total. The van der Waals surface area contributed by atoms with Crippen LogP contribution in [0.5, 0.6) is 11.5 Å². The van der Waals surface area contributed by atoms with Crippen LogP contribution in [0.4, 0.5) is 0 Å². The number of phenolic OH excluding ortho intramolecular Hbond substituents is 2. The lowest BCUT2D eigenvalue weighted by atomic mass is 9.83. The second-order valence-electron chi connectivity index (χ2n) is 6.11. The number of hydrogen-bond donors (Lipinski definition) is 3. The first-order valence-corrected chi connectivity index (χ1v) is 10.8. The summed E-state index contributed by atoms with van der Waals surface area (Å²) in [5.41, 5.74) is -0.444. The van der Waals surface area contributed by atoms with E-state index in [0.717, 1.165) is 6.07 Å². The van der Waals surface area contributed by atoms with Crippen LogP contribution < -0.4 is 0 Å². The Bertz CT molecular complexity index is 1170. The molecule has 1 atom stereocenters. The summed E-state index contributed by atoms with van der Waals surface area (Å²) in [5, 5.41) is 19.4. The van der Waals surface area contributed by atoms with Gasteiger partial charge in [-0.15, -0.1) is 0 Å². The molecule has 1 unspecified atom stereocenters. The van der Waals surface area contributed by atoms with Crippen LogP contribution in [-0.2, 0) is 14.9 Å². The molecule has 0 aliphatic heterocycles. The predicted molar refractivity (Wildman–Crippen MR) is 114 cm³/mol. The maximum Gasteiger partial charge on any atom is 0.283 e. The van der Waals surface area contributed by atoms with Gasteiger partial charge >= 0.3 is 0 Å². The van der Waals surface area contributed by atoms with E-state index in [4.69, 9.17) is 46.4 Å². The topological polar surface area (TPSA) is 94.8 Å². The van der Waals surface area contributed by atoms with Crippen molar-refractivity contribution in [3.63, 3.8) is 0 Å². The van der Waals surface area contributed by atoms with Gasteiger partial charge in [0.1, 0.15) is 11.5 Å². The van der Waals surface area contributed by atoms with Gasteiger partial charge in [0.2, 0.25) is 0 Å². The van der Waals surface area contributed by atoms with Crippen molar-refractivity contribution in [1.29, 1.82) is 0 Å². The third-order valence-electron chi connectivity index (χ3n) is 4.35. The summed E-state index contributed by atoms with van der Waals surface area (Å²) in [7, 11) is -5.08. The molecule has 3 N–H and O–H groups in total. The minimum Gasteiger partial charge on any atom is -0.508 e. The van der Waals surface area contributed by atoms with Gasteiger partial charge in [0, 0.05) is 31.2 Å². The van der Waals surface area contributed by atoms with Gasteiger partial charge in [0.05, 0.1) is 0 Å². The van der Waals surface area contributed by atoms with Crippen LogP contribution >= 0.6 is 46.4 Å². The van der Waals surface area contributed by atoms with Crippen molar-refractivity contribution in [1.82, 2.24) is 0 Å². The Morgan fingerprint density at radius 2 is 1.24 bits per heavy atom. The summed E-state index contributed by atoms with van der Waals surface area (Å²) in [5.74, 6) is -0.453. The highest BCUT2D eigenvalue weighted by Gasteiger charge is 2.52. The molecule has 0 fully saturated rings. The summed E-state index contributed by atoms with van der Waals surface area (Å²) < 4.78 is 34.1. The van der Waals surface area contributed by atoms with E-state index in [1.165, 1.54) is 48.5 Å². The first-order chi connectivity index (χ1) is 13.5. The number of hydrogen-bond acceptors (Lipinski definition) is 4. The number of benzene rings is 3. The maximum atomic E-state index is 13.0. The lowest BCUT2D eigenvalue weighted by Gasteiger charge is -2.34. The standard InChI is InChI=1S/C19H12Cl4O5S/c20-11-7-16(22)18(17(23)8-11)19(29(26,27)28,10-1-3-12(24)4-2-10)14-9-13(25)5-6-15(14)21/h1-9,24-25H,(H,26,27,28). The summed E-state index contributed by atoms with van der Waals surface area (Å²) in [6, 6.07) is 11.1. The third kappa shape index (κ3) is 3.77. The van der Waals surface area contributed by atoms with Gasteiger partial charge in [-0.3, -0.25) is 4.55 Å². The smallest absolute Gasteiger partial charge is 0.283 e. The van der Waals surface area contributed by atoms with E-state index in [-0.39, 0.29) is 48.3 Å². The Balaban J connectivity index is 2.63. The summed E-state index contributed by atoms with van der Waals surface area (Å²) in [6.45, 7) is 0. The van der Waals surface area contributed by atoms with Crippen molar-refractivity contribution in [2.24, 2.45) is 0 Å². The molecule has 3 aromatic rings. The molecule has 0 aromatic heterocycles. The fourth-order valence-corrected chi connectivity index (χ4v) is 6.10. The second kappa shape index (κ2) is 7.87. The average molecular weight is 494 g/mol. The quantitative estimate of drug-likeness (QED) is 0.311. The molecule has 152 valence electrons. The molecule has 0 bridgehead atoms. The van der Waals surface area contributed by atoms with Crippen LogP contribution in [-0.4, -0.2) is 23.2 Å². The van der Waals surface area contributed by atoms with Crippen molar-refractivity contribution in [2.75, 3.05) is 0 Å². The Morgan fingerprint density at radius 1 is 0.724 bits per heavy atom. The first-order valence-electron chi connectivity index (χ1n) is 7.89. The lowest BCUT2D eigenvalue weighted by Crippen LogP contribution is -2.39. The summed E-state index contributed by atoms with van der Waals surface area (Å²) in [4.78, 5) is 0. The van der Waals surface area contributed by atoms with E-state index in [9.17, 15) is 23.2 Å². The zero-order chi connectivity index (χ0) is 21.6. The van der Waals surface area contributed by atoms with Crippen molar-refractivity contribution in [3.05, 3.63) is 91.4 Å². The van der Waals surface area contributed by atoms with Gasteiger partial charge in [-0.2, -0.15) is 8.42 Å². The van der Waals surface area contributed by atoms with E-state index in [0.29, 0.717) is 0 Å². The van der Waals surface area contributed by atoms with Gasteiger partial charge in [-0.25, -0.2) is 0 Å². The molecule has 0 aliphatic rings. The normalized spacial score (nSPS) is 13.8. The van der Waals surface area contributed by atoms with E-state index in [1.54, 1.807) is 0 Å². The van der Waals surface area contributed by atoms with Crippen LogP contribution in [0.3, 0.4) is 0 Å². The zero-order valence-electron chi connectivity index (χ0n) is 14.3. The Kier molecular flexibility index (Phi) is 5.98. The molecular formula is C19H12Cl4O5S. The fraction of sp³-hybridized carbons (Fsp3) is 0.0526. The summed E-state index contributed by atoms with van der Waals surface area (Å²) >= 11 is 25.0. The van der Waals surface area contributed by atoms with Gasteiger partial charge in [0.25, 0.3) is 10.1 Å². The van der Waals surface area contributed by atoms with Crippen LogP contribution in [0.2, 0.25) is 20.1 Å². The lowest BCUT2D eigenvalue weighted by molar-refractivity contribution is 0.455. The van der Waals surface area contributed by atoms with Crippen molar-refractivity contribution < 1.29 is 23.2 Å². The van der Waals surface area contributed by atoms with Gasteiger partial charge in [0.15, 0.2) is 4.75 Å². The number of phenols is 2. The number of halogens is 4. The fourth-order valence-electron chi connectivity index (χ4n) is 3.21. The van der Waals surface area contributed by atoms with Crippen molar-refractivity contribution in [2.45, 2.75) is 4.75 Å². The van der Waals surface area contributed by atoms with Crippen LogP contribution in [0.15, 0.2) is 54.6 Å². The first kappa shape index (κ1) is 22.0. The molecule has 0 aliphatic carbocycles. The minimum atomic E-state index is -5.08. The summed E-state index contributed by atoms with van der Waals surface area (Å²) in [6.07, 6.45) is 0. The minimum absolute atomic E-state index is 0.0311. The Hall–Kier alpha value is -1.67. The molecule has 3 rings (SSSR count). The van der Waals surface area contributed by atoms with E-state index in [2.05, 4.69) is 0 Å². The predicted octanol–water partition coefficient (Wildman–Crippen LogP) is 5.89. The van der Waals surface area contributed by atoms with Gasteiger partial charge in [-0.05, 0) is 48.0 Å². The van der Waals surface area contributed by atoms with Crippen LogP contribution in [0, 0.1) is 0 Å². The van der Waals surface area contributed by atoms with E-state index < -0.39 is 14.9 Å². The van der Waals surface area contributed by atoms with E-state index in [1.807, 2.05) is 0 Å². The second-order valence-corrected chi connectivity index (χ2v) is 9.33. The number of rotatable bonds is 4. The van der Waals surface area contributed by atoms with Crippen LogP contribution in [0.1, 0.15) is 16.7 Å². The molecule has 0 saturated carbocycles. The molecule has 0 saturated heterocycles. The average Bonchev–Trinajstić information content (AvgIpc) is 2.60. The van der Waals surface area contributed by atoms with Gasteiger partial charge in [-0.1, -0.05) is 58.5 Å². The molecular weight excluding hydrogens is 482 g/mol. The highest BCUT2D eigenvalue weighted by atomic mass is 35.5. The number of aromatic hydroxyl groups is 2. The monoisotopic (exact) mass is 492 g/mol. The maximum absolute atomic E-state index is 13.0. The third-order valence-corrected chi connectivity index (χ3v) is 6.93. The molecule has 0 amide bonds. The highest BCUT2D eigenvalue weighted by molar-refractivity contribution is 7.87. The van der Waals surface area contributed by atoms with Crippen LogP contribution in [0.25, 0.3) is 0 Å². The molecule has 0 heterocycles. The molecule has 0 spiro atoms. The zero-order valence-corrected chi connectivity index (χ0v) is 18.1. The van der Waals surface area contributed by atoms with E-state index >= 15 is 0 Å². The van der Waals surface area contributed by atoms with Crippen molar-refractivity contribution in [3.8, 4) is 11.5 Å². The SMILES string of the molecule is O=S(=O)(O)C(c1ccc(O)cc1)(c1cc(O)ccc1Cl)c1c(Cl)cc(Cl)cc1Cl. The molecule has 10 heteroatoms. The highest BCUT2D eigenvalue weighted by Crippen LogP contribution is 2.52. The van der Waals surface area contributed by atoms with Crippen molar-refractivity contribution >= 4 is 56.5 Å². The Morgan fingerprint density at radius 3 is 1.76 bits per heavy atom. The molecule has 29 heavy (non-hydrogen) atoms. The molecule has 0 radical (unpaired) electrons. The van der Waals surface area contributed by atoms with Gasteiger partial charge < -0.3 is 10.2 Å².